The van der Waals surface area contributed by atoms with Crippen LogP contribution in [0, 0.1) is 5.92 Å². The number of hydrogen-bond donors (Lipinski definition) is 1. The van der Waals surface area contributed by atoms with Crippen LogP contribution in [0.5, 0.6) is 0 Å². The van der Waals surface area contributed by atoms with Crippen LogP contribution in [0.3, 0.4) is 0 Å². The minimum Gasteiger partial charge on any atom is -0.462 e. The van der Waals surface area contributed by atoms with Crippen LogP contribution in [0.25, 0.3) is 11.0 Å². The summed E-state index contributed by atoms with van der Waals surface area (Å²) >= 11 is 1.86. The van der Waals surface area contributed by atoms with Gasteiger partial charge in [-0.15, -0.1) is 0 Å². The summed E-state index contributed by atoms with van der Waals surface area (Å²) < 4.78 is 5.53. The van der Waals surface area contributed by atoms with Crippen molar-refractivity contribution in [2.75, 3.05) is 44.2 Å². The van der Waals surface area contributed by atoms with Gasteiger partial charge in [0.05, 0.1) is 11.8 Å². The molecule has 5 rings (SSSR count). The van der Waals surface area contributed by atoms with Gasteiger partial charge in [0.25, 0.3) is 11.8 Å². The minimum atomic E-state index is -0.177. The fraction of sp³-hybridized carbons (Fsp3) is 0.550. The molecular formula is C20H24N4O3S. The average molecular weight is 401 g/mol. The maximum atomic E-state index is 12.9. The van der Waals surface area contributed by atoms with Crippen LogP contribution in [0.15, 0.2) is 22.9 Å². The van der Waals surface area contributed by atoms with E-state index in [1.54, 1.807) is 12.3 Å². The number of carbonyl (C=O) groups is 2. The van der Waals surface area contributed by atoms with E-state index in [9.17, 15) is 9.59 Å². The number of rotatable bonds is 3. The van der Waals surface area contributed by atoms with Gasteiger partial charge < -0.3 is 19.5 Å². The molecule has 2 aromatic heterocycles. The Kier molecular flexibility index (Phi) is 4.76. The molecule has 28 heavy (non-hydrogen) atoms. The highest BCUT2D eigenvalue weighted by molar-refractivity contribution is 7.99. The summed E-state index contributed by atoms with van der Waals surface area (Å²) in [5.74, 6) is 2.39. The zero-order valence-electron chi connectivity index (χ0n) is 15.7. The van der Waals surface area contributed by atoms with E-state index in [1.807, 2.05) is 16.7 Å². The van der Waals surface area contributed by atoms with E-state index in [0.29, 0.717) is 28.1 Å². The lowest BCUT2D eigenvalue weighted by Gasteiger charge is -2.30. The van der Waals surface area contributed by atoms with Crippen LogP contribution in [0.1, 0.15) is 33.7 Å². The molecule has 7 nitrogen and oxygen atoms in total. The molecule has 3 atom stereocenters. The number of hydrogen-bond acceptors (Lipinski definition) is 6. The molecule has 0 aliphatic carbocycles. The van der Waals surface area contributed by atoms with Crippen molar-refractivity contribution in [2.45, 2.75) is 18.9 Å². The van der Waals surface area contributed by atoms with E-state index in [4.69, 9.17) is 4.42 Å². The summed E-state index contributed by atoms with van der Waals surface area (Å²) in [5, 5.41) is 3.80. The maximum Gasteiger partial charge on any atom is 0.270 e. The number of nitrogens with one attached hydrogen (secondary N) is 1. The van der Waals surface area contributed by atoms with E-state index in [2.05, 4.69) is 15.2 Å². The third kappa shape index (κ3) is 3.39. The molecular weight excluding hydrogens is 376 g/mol. The second kappa shape index (κ2) is 7.40. The molecule has 0 radical (unpaired) electrons. The molecule has 8 heteroatoms. The predicted octanol–water partition coefficient (Wildman–Crippen LogP) is 1.84. The van der Waals surface area contributed by atoms with Gasteiger partial charge in [-0.05, 0) is 31.4 Å². The Balaban J connectivity index is 1.35. The Morgan fingerprint density at radius 1 is 1.21 bits per heavy atom. The Labute approximate surface area is 167 Å². The van der Waals surface area contributed by atoms with E-state index < -0.39 is 0 Å². The summed E-state index contributed by atoms with van der Waals surface area (Å²) in [6.07, 6.45) is 5.30. The molecule has 3 unspecified atom stereocenters. The normalized spacial score (nSPS) is 27.1. The molecule has 3 aliphatic rings. The topological polar surface area (TPSA) is 78.7 Å². The second-order valence-corrected chi connectivity index (χ2v) is 9.16. The average Bonchev–Trinajstić information content (AvgIpc) is 3.30. The van der Waals surface area contributed by atoms with Gasteiger partial charge in [0.1, 0.15) is 12.0 Å². The summed E-state index contributed by atoms with van der Waals surface area (Å²) in [4.78, 5) is 34.2. The minimum absolute atomic E-state index is 0.0340. The lowest BCUT2D eigenvalue weighted by molar-refractivity contribution is 0.0772. The first-order chi connectivity index (χ1) is 13.7. The molecule has 2 aromatic rings. The monoisotopic (exact) mass is 400 g/mol. The first kappa shape index (κ1) is 18.0. The molecule has 1 N–H and O–H groups in total. The summed E-state index contributed by atoms with van der Waals surface area (Å²) in [7, 11) is 0. The first-order valence-electron chi connectivity index (χ1n) is 9.95. The third-order valence-electron chi connectivity index (χ3n) is 6.02. The Bertz CT molecular complexity index is 896. The number of nitrogens with zero attached hydrogens (tertiary/aromatic N) is 3. The Morgan fingerprint density at radius 2 is 2.07 bits per heavy atom. The highest BCUT2D eigenvalue weighted by Crippen LogP contribution is 2.27. The second-order valence-electron chi connectivity index (χ2n) is 7.94. The van der Waals surface area contributed by atoms with Crippen molar-refractivity contribution < 1.29 is 14.0 Å². The number of aromatic nitrogens is 1. The fourth-order valence-electron chi connectivity index (χ4n) is 4.58. The van der Waals surface area contributed by atoms with Crippen molar-refractivity contribution in [3.63, 3.8) is 0 Å². The number of piperidine rings is 1. The van der Waals surface area contributed by atoms with Gasteiger partial charge in [0.15, 0.2) is 5.58 Å². The van der Waals surface area contributed by atoms with Gasteiger partial charge >= 0.3 is 0 Å². The highest BCUT2D eigenvalue weighted by atomic mass is 32.2. The zero-order chi connectivity index (χ0) is 19.1. The van der Waals surface area contributed by atoms with Crippen molar-refractivity contribution in [2.24, 2.45) is 5.92 Å². The maximum absolute atomic E-state index is 12.9. The lowest BCUT2D eigenvalue weighted by Crippen LogP contribution is -2.47. The van der Waals surface area contributed by atoms with E-state index >= 15 is 0 Å². The number of pyridine rings is 1. The number of carbonyl (C=O) groups excluding carboxylic acids is 2. The third-order valence-corrected chi connectivity index (χ3v) is 6.97. The molecule has 2 bridgehead atoms. The van der Waals surface area contributed by atoms with Gasteiger partial charge in [-0.3, -0.25) is 9.59 Å². The van der Waals surface area contributed by atoms with Gasteiger partial charge in [0, 0.05) is 49.1 Å². The van der Waals surface area contributed by atoms with Gasteiger partial charge in [-0.2, -0.15) is 11.8 Å². The van der Waals surface area contributed by atoms with Crippen LogP contribution < -0.4 is 5.32 Å². The number of fused-ring (bicyclic) bond motifs is 3. The predicted molar refractivity (Wildman–Crippen MR) is 108 cm³/mol. The molecule has 3 fully saturated rings. The molecule has 3 saturated heterocycles. The largest absolute Gasteiger partial charge is 0.462 e. The Hall–Kier alpha value is -2.06. The first-order valence-corrected chi connectivity index (χ1v) is 11.1. The van der Waals surface area contributed by atoms with Crippen molar-refractivity contribution >= 4 is 34.5 Å². The molecule has 0 saturated carbocycles. The Morgan fingerprint density at radius 3 is 2.89 bits per heavy atom. The van der Waals surface area contributed by atoms with Crippen LogP contribution in [-0.4, -0.2) is 76.9 Å². The molecule has 148 valence electrons. The fourth-order valence-corrected chi connectivity index (χ4v) is 5.49. The van der Waals surface area contributed by atoms with Gasteiger partial charge in [-0.25, -0.2) is 4.98 Å². The van der Waals surface area contributed by atoms with Crippen molar-refractivity contribution in [1.82, 2.24) is 20.1 Å². The standard InChI is InChI=1S/C20H24N4O3S/c25-19(22-14-7-13-1-2-23(10-13)11-14)17-8-15-16(12-27-18(15)9-21-17)20(26)24-3-5-28-6-4-24/h8-9,12-14H,1-7,10-11H2,(H,22,25). The lowest BCUT2D eigenvalue weighted by atomic mass is 9.97. The summed E-state index contributed by atoms with van der Waals surface area (Å²) in [6.45, 7) is 4.69. The molecule has 0 spiro atoms. The smallest absolute Gasteiger partial charge is 0.270 e. The van der Waals surface area contributed by atoms with Crippen LogP contribution >= 0.6 is 11.8 Å². The van der Waals surface area contributed by atoms with Crippen molar-refractivity contribution in [3.8, 4) is 0 Å². The quantitative estimate of drug-likeness (QED) is 0.847. The highest BCUT2D eigenvalue weighted by Gasteiger charge is 2.33. The van der Waals surface area contributed by atoms with E-state index in [-0.39, 0.29) is 17.9 Å². The van der Waals surface area contributed by atoms with Crippen LogP contribution in [0.2, 0.25) is 0 Å². The molecule has 5 heterocycles. The molecule has 2 amide bonds. The summed E-state index contributed by atoms with van der Waals surface area (Å²) in [5.41, 5.74) is 1.39. The zero-order valence-corrected chi connectivity index (χ0v) is 16.5. The van der Waals surface area contributed by atoms with Crippen molar-refractivity contribution in [1.29, 1.82) is 0 Å². The summed E-state index contributed by atoms with van der Waals surface area (Å²) in [6, 6.07) is 1.86. The van der Waals surface area contributed by atoms with Gasteiger partial charge in [-0.1, -0.05) is 0 Å². The van der Waals surface area contributed by atoms with Crippen LogP contribution in [-0.2, 0) is 0 Å². The molecule has 3 aliphatic heterocycles. The van der Waals surface area contributed by atoms with Crippen LogP contribution in [0.4, 0.5) is 0 Å². The van der Waals surface area contributed by atoms with E-state index in [1.165, 1.54) is 12.7 Å². The SMILES string of the molecule is O=C(NC1CC2CCN(C2)C1)c1cc2c(C(=O)N3CCSCC3)coc2cn1. The number of furan rings is 1. The number of thioether (sulfide) groups is 1. The van der Waals surface area contributed by atoms with Crippen molar-refractivity contribution in [3.05, 3.63) is 29.8 Å². The van der Waals surface area contributed by atoms with Gasteiger partial charge in [0.2, 0.25) is 0 Å². The van der Waals surface area contributed by atoms with E-state index in [0.717, 1.165) is 50.7 Å². The molecule has 0 aromatic carbocycles. The number of amides is 2.